The van der Waals surface area contributed by atoms with Gasteiger partial charge in [-0.1, -0.05) is 13.8 Å². The number of aliphatic hydroxyl groups is 1. The van der Waals surface area contributed by atoms with Gasteiger partial charge in [0.2, 0.25) is 0 Å². The maximum absolute atomic E-state index is 8.77. The van der Waals surface area contributed by atoms with Gasteiger partial charge in [0.15, 0.2) is 0 Å². The van der Waals surface area contributed by atoms with Crippen LogP contribution in [0.2, 0.25) is 0 Å². The monoisotopic (exact) mass is 185 g/mol. The van der Waals surface area contributed by atoms with Crippen LogP contribution in [0.5, 0.6) is 0 Å². The Morgan fingerprint density at radius 1 is 1.50 bits per heavy atom. The summed E-state index contributed by atoms with van der Waals surface area (Å²) in [6, 6.07) is 0. The fourth-order valence-corrected chi connectivity index (χ4v) is 2.09. The highest BCUT2D eigenvalue weighted by atomic mass is 32.1. The van der Waals surface area contributed by atoms with E-state index in [0.29, 0.717) is 5.92 Å². The molecule has 0 unspecified atom stereocenters. The zero-order chi connectivity index (χ0) is 9.14. The summed E-state index contributed by atoms with van der Waals surface area (Å²) in [5.74, 6) is 0.501. The Hall–Kier alpha value is -0.410. The molecule has 1 aromatic heterocycles. The first-order valence-electron chi connectivity index (χ1n) is 4.22. The van der Waals surface area contributed by atoms with E-state index >= 15 is 0 Å². The van der Waals surface area contributed by atoms with Crippen LogP contribution in [0, 0.1) is 6.92 Å². The van der Waals surface area contributed by atoms with E-state index in [1.165, 1.54) is 9.88 Å². The van der Waals surface area contributed by atoms with E-state index in [1.807, 2.05) is 6.92 Å². The number of aryl methyl sites for hydroxylation is 1. The van der Waals surface area contributed by atoms with Crippen molar-refractivity contribution in [1.82, 2.24) is 4.98 Å². The number of hydrogen-bond donors (Lipinski definition) is 1. The van der Waals surface area contributed by atoms with Gasteiger partial charge in [0, 0.05) is 23.8 Å². The number of aliphatic hydroxyl groups excluding tert-OH is 1. The second-order valence-corrected chi connectivity index (χ2v) is 4.30. The second kappa shape index (κ2) is 4.01. The summed E-state index contributed by atoms with van der Waals surface area (Å²) in [6.45, 7) is 6.51. The molecule has 0 aromatic carbocycles. The van der Waals surface area contributed by atoms with Crippen LogP contribution in [0.4, 0.5) is 0 Å². The van der Waals surface area contributed by atoms with Crippen molar-refractivity contribution in [2.45, 2.75) is 33.1 Å². The molecule has 0 aliphatic heterocycles. The minimum absolute atomic E-state index is 0.223. The van der Waals surface area contributed by atoms with Gasteiger partial charge in [0.25, 0.3) is 0 Å². The number of rotatable bonds is 3. The number of aromatic nitrogens is 1. The third-order valence-electron chi connectivity index (χ3n) is 1.74. The number of thiazole rings is 1. The molecule has 0 aliphatic carbocycles. The van der Waals surface area contributed by atoms with Gasteiger partial charge < -0.3 is 5.11 Å². The molecule has 0 fully saturated rings. The van der Waals surface area contributed by atoms with E-state index in [9.17, 15) is 0 Å². The predicted octanol–water partition coefficient (Wildman–Crippen LogP) is 2.11. The first-order valence-corrected chi connectivity index (χ1v) is 5.04. The smallest absolute Gasteiger partial charge is 0.0956 e. The normalized spacial score (nSPS) is 11.1. The number of nitrogens with zero attached hydrogens (tertiary/aromatic N) is 1. The Morgan fingerprint density at radius 3 is 2.58 bits per heavy atom. The van der Waals surface area contributed by atoms with Crippen molar-refractivity contribution in [3.05, 3.63) is 15.6 Å². The van der Waals surface area contributed by atoms with Crippen molar-refractivity contribution < 1.29 is 5.11 Å². The molecule has 0 saturated heterocycles. The Labute approximate surface area is 77.3 Å². The van der Waals surface area contributed by atoms with Crippen molar-refractivity contribution in [3.8, 4) is 0 Å². The van der Waals surface area contributed by atoms with Crippen molar-refractivity contribution in [3.63, 3.8) is 0 Å². The molecule has 1 rings (SSSR count). The largest absolute Gasteiger partial charge is 0.396 e. The minimum atomic E-state index is 0.223. The van der Waals surface area contributed by atoms with Crippen LogP contribution in [-0.2, 0) is 6.42 Å². The van der Waals surface area contributed by atoms with Gasteiger partial charge in [-0.25, -0.2) is 4.98 Å². The van der Waals surface area contributed by atoms with E-state index in [4.69, 9.17) is 5.11 Å². The summed E-state index contributed by atoms with van der Waals surface area (Å²) in [6.07, 6.45) is 0.746. The highest BCUT2D eigenvalue weighted by molar-refractivity contribution is 7.11. The summed E-state index contributed by atoms with van der Waals surface area (Å²) in [4.78, 5) is 5.66. The molecule has 12 heavy (non-hydrogen) atoms. The molecule has 68 valence electrons. The van der Waals surface area contributed by atoms with Crippen molar-refractivity contribution in [2.75, 3.05) is 6.61 Å². The summed E-state index contributed by atoms with van der Waals surface area (Å²) in [5.41, 5.74) is 1.08. The molecule has 0 spiro atoms. The minimum Gasteiger partial charge on any atom is -0.396 e. The lowest BCUT2D eigenvalue weighted by Gasteiger charge is -1.95. The molecule has 1 N–H and O–H groups in total. The van der Waals surface area contributed by atoms with Gasteiger partial charge in [-0.05, 0) is 6.92 Å². The molecule has 0 amide bonds. The Balaban J connectivity index is 2.85. The molecule has 0 atom stereocenters. The highest BCUT2D eigenvalue weighted by Gasteiger charge is 2.09. The maximum atomic E-state index is 8.77. The molecule has 1 heterocycles. The molecule has 2 nitrogen and oxygen atoms in total. The van der Waals surface area contributed by atoms with Crippen molar-refractivity contribution >= 4 is 11.3 Å². The lowest BCUT2D eigenvalue weighted by Crippen LogP contribution is -1.88. The molecule has 0 bridgehead atoms. The zero-order valence-corrected chi connectivity index (χ0v) is 8.61. The van der Waals surface area contributed by atoms with Crippen LogP contribution >= 0.6 is 11.3 Å². The zero-order valence-electron chi connectivity index (χ0n) is 7.79. The van der Waals surface area contributed by atoms with Gasteiger partial charge in [0.05, 0.1) is 10.7 Å². The summed E-state index contributed by atoms with van der Waals surface area (Å²) < 4.78 is 0. The van der Waals surface area contributed by atoms with Gasteiger partial charge in [0.1, 0.15) is 0 Å². The van der Waals surface area contributed by atoms with Crippen molar-refractivity contribution in [1.29, 1.82) is 0 Å². The molecule has 1 aromatic rings. The van der Waals surface area contributed by atoms with Crippen LogP contribution < -0.4 is 0 Å². The Kier molecular flexibility index (Phi) is 3.23. The first kappa shape index (κ1) is 9.68. The van der Waals surface area contributed by atoms with Crippen LogP contribution in [0.15, 0.2) is 0 Å². The maximum Gasteiger partial charge on any atom is 0.0956 e. The van der Waals surface area contributed by atoms with E-state index < -0.39 is 0 Å². The van der Waals surface area contributed by atoms with Crippen LogP contribution in [0.25, 0.3) is 0 Å². The molecule has 0 saturated carbocycles. The molecule has 0 aliphatic rings. The average molecular weight is 185 g/mol. The topological polar surface area (TPSA) is 33.1 Å². The van der Waals surface area contributed by atoms with Gasteiger partial charge >= 0.3 is 0 Å². The van der Waals surface area contributed by atoms with Gasteiger partial charge in [-0.2, -0.15) is 0 Å². The summed E-state index contributed by atoms with van der Waals surface area (Å²) in [5, 5.41) is 9.95. The van der Waals surface area contributed by atoms with E-state index in [0.717, 1.165) is 12.1 Å². The standard InChI is InChI=1S/C9H15NOS/c1-6(2)9-10-7(3)8(12-9)4-5-11/h6,11H,4-5H2,1-3H3. The van der Waals surface area contributed by atoms with Crippen LogP contribution in [0.1, 0.15) is 35.3 Å². The highest BCUT2D eigenvalue weighted by Crippen LogP contribution is 2.24. The van der Waals surface area contributed by atoms with Crippen molar-refractivity contribution in [2.24, 2.45) is 0 Å². The fraction of sp³-hybridized carbons (Fsp3) is 0.667. The Bertz CT molecular complexity index is 255. The summed E-state index contributed by atoms with van der Waals surface area (Å²) in [7, 11) is 0. The lowest BCUT2D eigenvalue weighted by atomic mass is 10.2. The lowest BCUT2D eigenvalue weighted by molar-refractivity contribution is 0.300. The molecule has 3 heteroatoms. The van der Waals surface area contributed by atoms with E-state index in [-0.39, 0.29) is 6.61 Å². The number of hydrogen-bond acceptors (Lipinski definition) is 3. The quantitative estimate of drug-likeness (QED) is 0.782. The van der Waals surface area contributed by atoms with E-state index in [1.54, 1.807) is 11.3 Å². The third kappa shape index (κ3) is 2.05. The van der Waals surface area contributed by atoms with Crippen LogP contribution in [0.3, 0.4) is 0 Å². The fourth-order valence-electron chi connectivity index (χ4n) is 1.03. The first-order chi connectivity index (χ1) is 5.65. The average Bonchev–Trinajstić information content (AvgIpc) is 2.34. The van der Waals surface area contributed by atoms with Gasteiger partial charge in [-0.15, -0.1) is 11.3 Å². The summed E-state index contributed by atoms with van der Waals surface area (Å²) >= 11 is 1.72. The third-order valence-corrected chi connectivity index (χ3v) is 3.26. The van der Waals surface area contributed by atoms with Crippen LogP contribution in [-0.4, -0.2) is 16.7 Å². The SMILES string of the molecule is Cc1nc(C(C)C)sc1CCO. The second-order valence-electron chi connectivity index (χ2n) is 3.19. The Morgan fingerprint density at radius 2 is 2.17 bits per heavy atom. The van der Waals surface area contributed by atoms with E-state index in [2.05, 4.69) is 18.8 Å². The predicted molar refractivity (Wildman–Crippen MR) is 51.7 cm³/mol. The van der Waals surface area contributed by atoms with Gasteiger partial charge in [-0.3, -0.25) is 0 Å². The molecular formula is C9H15NOS. The molecule has 0 radical (unpaired) electrons. The molecular weight excluding hydrogens is 170 g/mol.